The van der Waals surface area contributed by atoms with Gasteiger partial charge in [-0.05, 0) is 18.2 Å². The standard InChI is InChI=1S/C10H8ClFN2/c1-14-5-4-13-10(14)7-2-3-9(12)8(11)6-7/h2-6H,1H3. The van der Waals surface area contributed by atoms with Crippen LogP contribution in [-0.2, 0) is 7.05 Å². The van der Waals surface area contributed by atoms with Crippen molar-refractivity contribution in [2.24, 2.45) is 7.05 Å². The normalized spacial score (nSPS) is 10.5. The Hall–Kier alpha value is -1.35. The average molecular weight is 211 g/mol. The summed E-state index contributed by atoms with van der Waals surface area (Å²) in [5, 5.41) is 0.116. The van der Waals surface area contributed by atoms with Crippen molar-refractivity contribution in [2.75, 3.05) is 0 Å². The van der Waals surface area contributed by atoms with Gasteiger partial charge in [0.05, 0.1) is 5.02 Å². The maximum absolute atomic E-state index is 12.9. The third kappa shape index (κ3) is 1.51. The molecule has 1 heterocycles. The topological polar surface area (TPSA) is 17.8 Å². The lowest BCUT2D eigenvalue weighted by Crippen LogP contribution is -1.91. The van der Waals surface area contributed by atoms with Crippen LogP contribution in [0.4, 0.5) is 4.39 Å². The first-order chi connectivity index (χ1) is 6.68. The first-order valence-corrected chi connectivity index (χ1v) is 4.49. The molecule has 14 heavy (non-hydrogen) atoms. The van der Waals surface area contributed by atoms with E-state index in [9.17, 15) is 4.39 Å². The number of hydrogen-bond donors (Lipinski definition) is 0. The molecule has 0 spiro atoms. The third-order valence-corrected chi connectivity index (χ3v) is 2.29. The highest BCUT2D eigenvalue weighted by atomic mass is 35.5. The van der Waals surface area contributed by atoms with Crippen LogP contribution >= 0.6 is 11.6 Å². The largest absolute Gasteiger partial charge is 0.334 e. The molecule has 0 aliphatic heterocycles. The van der Waals surface area contributed by atoms with E-state index in [1.54, 1.807) is 18.3 Å². The van der Waals surface area contributed by atoms with Gasteiger partial charge in [0.15, 0.2) is 0 Å². The molecule has 0 aliphatic carbocycles. The summed E-state index contributed by atoms with van der Waals surface area (Å²) in [7, 11) is 1.87. The molecule has 0 atom stereocenters. The zero-order valence-electron chi connectivity index (χ0n) is 7.54. The number of rotatable bonds is 1. The second-order valence-electron chi connectivity index (χ2n) is 2.99. The fourth-order valence-electron chi connectivity index (χ4n) is 1.28. The summed E-state index contributed by atoms with van der Waals surface area (Å²) in [6.45, 7) is 0. The van der Waals surface area contributed by atoms with Gasteiger partial charge in [0.1, 0.15) is 11.6 Å². The van der Waals surface area contributed by atoms with Gasteiger partial charge in [0, 0.05) is 25.0 Å². The number of halogens is 2. The number of aromatic nitrogens is 2. The molecule has 0 bridgehead atoms. The van der Waals surface area contributed by atoms with E-state index in [1.165, 1.54) is 6.07 Å². The van der Waals surface area contributed by atoms with Gasteiger partial charge < -0.3 is 4.57 Å². The molecule has 0 amide bonds. The Morgan fingerprint density at radius 2 is 2.21 bits per heavy atom. The van der Waals surface area contributed by atoms with Crippen molar-refractivity contribution in [3.8, 4) is 11.4 Å². The lowest BCUT2D eigenvalue weighted by Gasteiger charge is -2.02. The van der Waals surface area contributed by atoms with Crippen molar-refractivity contribution < 1.29 is 4.39 Å². The van der Waals surface area contributed by atoms with Crippen LogP contribution in [-0.4, -0.2) is 9.55 Å². The molecular weight excluding hydrogens is 203 g/mol. The summed E-state index contributed by atoms with van der Waals surface area (Å²) in [6.07, 6.45) is 3.51. The van der Waals surface area contributed by atoms with Crippen LogP contribution in [0.15, 0.2) is 30.6 Å². The first-order valence-electron chi connectivity index (χ1n) is 4.11. The molecule has 4 heteroatoms. The molecule has 0 saturated carbocycles. The SMILES string of the molecule is Cn1ccnc1-c1ccc(F)c(Cl)c1. The highest BCUT2D eigenvalue weighted by molar-refractivity contribution is 6.31. The van der Waals surface area contributed by atoms with Crippen LogP contribution in [0.25, 0.3) is 11.4 Å². The predicted octanol–water partition coefficient (Wildman–Crippen LogP) is 2.88. The van der Waals surface area contributed by atoms with Gasteiger partial charge in [-0.1, -0.05) is 11.6 Å². The van der Waals surface area contributed by atoms with Gasteiger partial charge in [0.25, 0.3) is 0 Å². The quantitative estimate of drug-likeness (QED) is 0.708. The van der Waals surface area contributed by atoms with E-state index in [0.717, 1.165) is 11.4 Å². The minimum absolute atomic E-state index is 0.116. The monoisotopic (exact) mass is 210 g/mol. The molecule has 0 fully saturated rings. The minimum Gasteiger partial charge on any atom is -0.334 e. The Kier molecular flexibility index (Phi) is 2.25. The van der Waals surface area contributed by atoms with Crippen molar-refractivity contribution in [2.45, 2.75) is 0 Å². The molecule has 0 radical (unpaired) electrons. The van der Waals surface area contributed by atoms with Gasteiger partial charge >= 0.3 is 0 Å². The van der Waals surface area contributed by atoms with Crippen molar-refractivity contribution in [1.82, 2.24) is 9.55 Å². The van der Waals surface area contributed by atoms with Crippen molar-refractivity contribution >= 4 is 11.6 Å². The van der Waals surface area contributed by atoms with E-state index >= 15 is 0 Å². The summed E-state index contributed by atoms with van der Waals surface area (Å²) in [5.74, 6) is 0.358. The summed E-state index contributed by atoms with van der Waals surface area (Å²) in [5.41, 5.74) is 0.809. The van der Waals surface area contributed by atoms with E-state index < -0.39 is 5.82 Å². The molecule has 0 unspecified atom stereocenters. The van der Waals surface area contributed by atoms with Crippen LogP contribution in [0.5, 0.6) is 0 Å². The molecule has 1 aromatic carbocycles. The maximum Gasteiger partial charge on any atom is 0.141 e. The molecule has 0 N–H and O–H groups in total. The highest BCUT2D eigenvalue weighted by Gasteiger charge is 2.06. The van der Waals surface area contributed by atoms with Gasteiger partial charge in [-0.25, -0.2) is 9.37 Å². The van der Waals surface area contributed by atoms with Gasteiger partial charge in [-0.15, -0.1) is 0 Å². The summed E-state index contributed by atoms with van der Waals surface area (Å²) in [6, 6.07) is 4.56. The lowest BCUT2D eigenvalue weighted by molar-refractivity contribution is 0.628. The van der Waals surface area contributed by atoms with Crippen molar-refractivity contribution in [1.29, 1.82) is 0 Å². The molecule has 1 aromatic heterocycles. The van der Waals surface area contributed by atoms with E-state index in [2.05, 4.69) is 4.98 Å². The van der Waals surface area contributed by atoms with Crippen LogP contribution in [0.3, 0.4) is 0 Å². The molecule has 0 saturated heterocycles. The van der Waals surface area contributed by atoms with Crippen molar-refractivity contribution in [3.05, 3.63) is 41.4 Å². The number of hydrogen-bond acceptors (Lipinski definition) is 1. The van der Waals surface area contributed by atoms with Gasteiger partial charge in [-0.2, -0.15) is 0 Å². The molecule has 2 rings (SSSR count). The Balaban J connectivity index is 2.53. The minimum atomic E-state index is -0.412. The number of benzene rings is 1. The molecule has 2 aromatic rings. The zero-order chi connectivity index (χ0) is 10.1. The van der Waals surface area contributed by atoms with Crippen LogP contribution in [0, 0.1) is 5.82 Å². The maximum atomic E-state index is 12.9. The molecule has 2 nitrogen and oxygen atoms in total. The Morgan fingerprint density at radius 1 is 1.43 bits per heavy atom. The first kappa shape index (κ1) is 9.21. The van der Waals surface area contributed by atoms with Crippen molar-refractivity contribution in [3.63, 3.8) is 0 Å². The summed E-state index contributed by atoms with van der Waals surface area (Å²) >= 11 is 5.67. The Morgan fingerprint density at radius 3 is 2.79 bits per heavy atom. The van der Waals surface area contributed by atoms with E-state index in [0.29, 0.717) is 0 Å². The van der Waals surface area contributed by atoms with E-state index in [4.69, 9.17) is 11.6 Å². The number of imidazole rings is 1. The van der Waals surface area contributed by atoms with E-state index in [1.807, 2.05) is 17.8 Å². The third-order valence-electron chi connectivity index (χ3n) is 2.00. The molecule has 0 aliphatic rings. The Labute approximate surface area is 86.0 Å². The summed E-state index contributed by atoms with van der Waals surface area (Å²) in [4.78, 5) is 4.14. The fraction of sp³-hybridized carbons (Fsp3) is 0.100. The fourth-order valence-corrected chi connectivity index (χ4v) is 1.46. The smallest absolute Gasteiger partial charge is 0.141 e. The number of nitrogens with zero attached hydrogens (tertiary/aromatic N) is 2. The molecule has 72 valence electrons. The van der Waals surface area contributed by atoms with Crippen LogP contribution < -0.4 is 0 Å². The Bertz CT molecular complexity index is 465. The average Bonchev–Trinajstić information content (AvgIpc) is 2.57. The highest BCUT2D eigenvalue weighted by Crippen LogP contribution is 2.22. The van der Waals surface area contributed by atoms with Crippen LogP contribution in [0.2, 0.25) is 5.02 Å². The molecular formula is C10H8ClFN2. The number of aryl methyl sites for hydroxylation is 1. The second-order valence-corrected chi connectivity index (χ2v) is 3.40. The zero-order valence-corrected chi connectivity index (χ0v) is 8.29. The van der Waals surface area contributed by atoms with E-state index in [-0.39, 0.29) is 5.02 Å². The summed E-state index contributed by atoms with van der Waals surface area (Å²) < 4.78 is 14.7. The van der Waals surface area contributed by atoms with Gasteiger partial charge in [-0.3, -0.25) is 0 Å². The second kappa shape index (κ2) is 3.42. The van der Waals surface area contributed by atoms with Gasteiger partial charge in [0.2, 0.25) is 0 Å². The predicted molar refractivity (Wildman–Crippen MR) is 53.6 cm³/mol. The lowest BCUT2D eigenvalue weighted by atomic mass is 10.2. The van der Waals surface area contributed by atoms with Crippen LogP contribution in [0.1, 0.15) is 0 Å².